The Morgan fingerprint density at radius 2 is 1.72 bits per heavy atom. The van der Waals surface area contributed by atoms with Crippen LogP contribution in [0, 0.1) is 6.92 Å². The van der Waals surface area contributed by atoms with Gasteiger partial charge in [-0.25, -0.2) is 14.8 Å². The highest BCUT2D eigenvalue weighted by Gasteiger charge is 2.29. The van der Waals surface area contributed by atoms with Crippen LogP contribution >= 0.6 is 0 Å². The molecule has 0 spiro atoms. The fourth-order valence-corrected chi connectivity index (χ4v) is 3.73. The summed E-state index contributed by atoms with van der Waals surface area (Å²) in [5.74, 6) is 1.63. The van der Waals surface area contributed by atoms with Crippen molar-refractivity contribution >= 4 is 6.03 Å². The maximum absolute atomic E-state index is 12.0. The molecule has 1 aliphatic heterocycles. The summed E-state index contributed by atoms with van der Waals surface area (Å²) in [4.78, 5) is 18.5. The van der Waals surface area contributed by atoms with Crippen LogP contribution in [0.1, 0.15) is 30.2 Å². The Labute approximate surface area is 170 Å². The van der Waals surface area contributed by atoms with Crippen molar-refractivity contribution < 1.29 is 14.4 Å². The van der Waals surface area contributed by atoms with Gasteiger partial charge in [0.25, 0.3) is 0 Å². The summed E-state index contributed by atoms with van der Waals surface area (Å²) in [6, 6.07) is 17.9. The van der Waals surface area contributed by atoms with Crippen molar-refractivity contribution in [2.45, 2.75) is 25.7 Å². The Balaban J connectivity index is 1.64. The van der Waals surface area contributed by atoms with Crippen LogP contribution in [0.2, 0.25) is 0 Å². The topological polar surface area (TPSA) is 69.8 Å². The number of nitrogens with zero attached hydrogens (tertiary/aromatic N) is 3. The van der Waals surface area contributed by atoms with Crippen molar-refractivity contribution in [1.82, 2.24) is 14.9 Å². The van der Waals surface area contributed by atoms with Gasteiger partial charge in [0.1, 0.15) is 5.69 Å². The number of urea groups is 1. The molecule has 1 saturated heterocycles. The number of carbonyl (C=O) groups excluding carboxylic acids is 1. The molecule has 3 aromatic rings. The molecule has 0 atom stereocenters. The summed E-state index contributed by atoms with van der Waals surface area (Å²) in [5.41, 5.74) is 4.07. The Morgan fingerprint density at radius 3 is 2.34 bits per heavy atom. The molecule has 1 fully saturated rings. The molecule has 1 aromatic heterocycles. The van der Waals surface area contributed by atoms with E-state index in [0.29, 0.717) is 24.0 Å². The lowest BCUT2D eigenvalue weighted by Crippen LogP contribution is -2.43. The van der Waals surface area contributed by atoms with Crippen LogP contribution in [0.25, 0.3) is 22.6 Å². The van der Waals surface area contributed by atoms with E-state index in [1.807, 2.05) is 30.3 Å². The maximum atomic E-state index is 12.0. The predicted molar refractivity (Wildman–Crippen MR) is 111 cm³/mol. The van der Waals surface area contributed by atoms with Crippen molar-refractivity contribution in [1.29, 1.82) is 0 Å². The van der Waals surface area contributed by atoms with Crippen LogP contribution in [-0.4, -0.2) is 46.3 Å². The fourth-order valence-electron chi connectivity index (χ4n) is 3.73. The van der Waals surface area contributed by atoms with Crippen molar-refractivity contribution in [2.24, 2.45) is 0 Å². The third-order valence-corrected chi connectivity index (χ3v) is 5.40. The number of hydrogen-bond donors (Lipinski definition) is 1. The zero-order chi connectivity index (χ0) is 20.4. The third kappa shape index (κ3) is 4.03. The van der Waals surface area contributed by atoms with E-state index in [1.54, 1.807) is 4.90 Å². The molecule has 6 nitrogen and oxygen atoms in total. The second-order valence-corrected chi connectivity index (χ2v) is 7.53. The van der Waals surface area contributed by atoms with Gasteiger partial charge >= 0.3 is 6.03 Å². The lowest BCUT2D eigenvalue weighted by molar-refractivity contribution is -0.0358. The molecule has 2 heterocycles. The molecule has 1 aliphatic rings. The van der Waals surface area contributed by atoms with Crippen molar-refractivity contribution in [3.05, 3.63) is 66.1 Å². The molecule has 0 aliphatic carbocycles. The van der Waals surface area contributed by atoms with E-state index in [0.717, 1.165) is 35.4 Å². The quantitative estimate of drug-likeness (QED) is 0.507. The number of benzene rings is 2. The number of carbonyl (C=O) groups is 1. The van der Waals surface area contributed by atoms with Crippen molar-refractivity contribution in [2.75, 3.05) is 20.1 Å². The second-order valence-electron chi connectivity index (χ2n) is 7.53. The SMILES string of the molecule is Cc1ccc(-c2nc(C3CCN(C(=O)N(C)O)CC3)oc2-c2ccccc2)cc1. The van der Waals surface area contributed by atoms with E-state index < -0.39 is 0 Å². The highest BCUT2D eigenvalue weighted by atomic mass is 16.5. The summed E-state index contributed by atoms with van der Waals surface area (Å²) in [5, 5.41) is 10.0. The van der Waals surface area contributed by atoms with Crippen LogP contribution < -0.4 is 0 Å². The first-order valence-electron chi connectivity index (χ1n) is 9.87. The van der Waals surface area contributed by atoms with Crippen LogP contribution in [0.4, 0.5) is 4.79 Å². The summed E-state index contributed by atoms with van der Waals surface area (Å²) >= 11 is 0. The lowest BCUT2D eigenvalue weighted by Gasteiger charge is -2.31. The summed E-state index contributed by atoms with van der Waals surface area (Å²) in [6.07, 6.45) is 1.50. The minimum absolute atomic E-state index is 0.143. The van der Waals surface area contributed by atoms with Gasteiger partial charge in [-0.05, 0) is 19.8 Å². The normalized spacial score (nSPS) is 14.8. The average Bonchev–Trinajstić information content (AvgIpc) is 3.20. The summed E-state index contributed by atoms with van der Waals surface area (Å²) in [6.45, 7) is 3.20. The Morgan fingerprint density at radius 1 is 1.07 bits per heavy atom. The van der Waals surface area contributed by atoms with E-state index in [-0.39, 0.29) is 11.9 Å². The van der Waals surface area contributed by atoms with Gasteiger partial charge in [0.15, 0.2) is 11.7 Å². The van der Waals surface area contributed by atoms with Gasteiger partial charge in [0.2, 0.25) is 0 Å². The zero-order valence-electron chi connectivity index (χ0n) is 16.7. The Hall–Kier alpha value is -3.12. The minimum Gasteiger partial charge on any atom is -0.440 e. The first kappa shape index (κ1) is 19.2. The minimum atomic E-state index is -0.374. The number of oxazole rings is 1. The molecular formula is C23H25N3O3. The highest BCUT2D eigenvalue weighted by Crippen LogP contribution is 2.37. The molecule has 29 heavy (non-hydrogen) atoms. The van der Waals surface area contributed by atoms with E-state index in [2.05, 4.69) is 31.2 Å². The van der Waals surface area contributed by atoms with Crippen molar-refractivity contribution in [3.8, 4) is 22.6 Å². The molecule has 2 amide bonds. The van der Waals surface area contributed by atoms with E-state index >= 15 is 0 Å². The zero-order valence-corrected chi connectivity index (χ0v) is 16.7. The monoisotopic (exact) mass is 391 g/mol. The van der Waals surface area contributed by atoms with E-state index in [9.17, 15) is 10.0 Å². The summed E-state index contributed by atoms with van der Waals surface area (Å²) in [7, 11) is 1.35. The molecule has 0 radical (unpaired) electrons. The van der Waals surface area contributed by atoms with Crippen molar-refractivity contribution in [3.63, 3.8) is 0 Å². The summed E-state index contributed by atoms with van der Waals surface area (Å²) < 4.78 is 6.29. The molecule has 1 N–H and O–H groups in total. The van der Waals surface area contributed by atoms with Gasteiger partial charge in [0, 0.05) is 37.2 Å². The number of piperidine rings is 1. The van der Waals surface area contributed by atoms with Crippen LogP contribution in [-0.2, 0) is 0 Å². The predicted octanol–water partition coefficient (Wildman–Crippen LogP) is 4.94. The average molecular weight is 391 g/mol. The first-order valence-corrected chi connectivity index (χ1v) is 9.87. The molecule has 0 saturated carbocycles. The van der Waals surface area contributed by atoms with Gasteiger partial charge < -0.3 is 9.32 Å². The number of hydroxylamine groups is 2. The Kier molecular flexibility index (Phi) is 5.36. The van der Waals surface area contributed by atoms with E-state index in [1.165, 1.54) is 12.6 Å². The number of amides is 2. The van der Waals surface area contributed by atoms with Crippen LogP contribution in [0.5, 0.6) is 0 Å². The first-order chi connectivity index (χ1) is 14.0. The van der Waals surface area contributed by atoms with E-state index in [4.69, 9.17) is 9.40 Å². The van der Waals surface area contributed by atoms with Crippen LogP contribution in [0.15, 0.2) is 59.0 Å². The molecule has 0 unspecified atom stereocenters. The molecular weight excluding hydrogens is 366 g/mol. The van der Waals surface area contributed by atoms with Gasteiger partial charge in [-0.2, -0.15) is 0 Å². The third-order valence-electron chi connectivity index (χ3n) is 5.40. The maximum Gasteiger partial charge on any atom is 0.343 e. The molecule has 4 rings (SSSR count). The number of likely N-dealkylation sites (tertiary alicyclic amines) is 1. The Bertz CT molecular complexity index is 972. The largest absolute Gasteiger partial charge is 0.440 e. The number of rotatable bonds is 3. The molecule has 150 valence electrons. The second kappa shape index (κ2) is 8.09. The molecule has 6 heteroatoms. The van der Waals surface area contributed by atoms with Gasteiger partial charge in [0.05, 0.1) is 0 Å². The van der Waals surface area contributed by atoms with Gasteiger partial charge in [-0.15, -0.1) is 0 Å². The van der Waals surface area contributed by atoms with Gasteiger partial charge in [-0.1, -0.05) is 60.2 Å². The lowest BCUT2D eigenvalue weighted by atomic mass is 9.97. The molecule has 2 aromatic carbocycles. The highest BCUT2D eigenvalue weighted by molar-refractivity contribution is 5.77. The fraction of sp³-hybridized carbons (Fsp3) is 0.304. The smallest absolute Gasteiger partial charge is 0.343 e. The number of hydrogen-bond acceptors (Lipinski definition) is 4. The number of aromatic nitrogens is 1. The number of aryl methyl sites for hydroxylation is 1. The van der Waals surface area contributed by atoms with Gasteiger partial charge in [-0.3, -0.25) is 5.21 Å². The molecule has 0 bridgehead atoms. The standard InChI is InChI=1S/C23H25N3O3/c1-16-8-10-17(11-9-16)20-21(18-6-4-3-5-7-18)29-22(24-20)19-12-14-26(15-13-19)23(27)25(2)28/h3-11,19,28H,12-15H2,1-2H3. The van der Waals surface area contributed by atoms with Crippen LogP contribution in [0.3, 0.4) is 0 Å².